The van der Waals surface area contributed by atoms with Crippen molar-refractivity contribution in [3.8, 4) is 0 Å². The van der Waals surface area contributed by atoms with E-state index < -0.39 is 10.8 Å². The number of non-ortho nitro benzene ring substituents is 1. The smallest absolute Gasteiger partial charge is 0.269 e. The number of carbonyl (C=O) groups is 1. The Labute approximate surface area is 149 Å². The minimum Gasteiger partial charge on any atom is -0.353 e. The number of nitrogens with zero attached hydrogens (tertiary/aromatic N) is 2. The van der Waals surface area contributed by atoms with E-state index in [-0.39, 0.29) is 5.69 Å². The van der Waals surface area contributed by atoms with Crippen LogP contribution in [0.15, 0.2) is 66.9 Å². The van der Waals surface area contributed by atoms with Gasteiger partial charge in [-0.3, -0.25) is 14.9 Å². The average molecular weight is 348 g/mol. The third-order valence-corrected chi connectivity index (χ3v) is 3.71. The number of carbonyl (C=O) groups excluding carboxylic acids is 1. The second-order valence-corrected chi connectivity index (χ2v) is 5.65. The minimum atomic E-state index is -0.510. The Bertz CT molecular complexity index is 938. The molecule has 7 nitrogen and oxygen atoms in total. The van der Waals surface area contributed by atoms with Crippen LogP contribution in [0, 0.1) is 17.0 Å². The van der Waals surface area contributed by atoms with E-state index in [2.05, 4.69) is 15.6 Å². The Balaban J connectivity index is 1.78. The lowest BCUT2D eigenvalue weighted by atomic mass is 10.2. The van der Waals surface area contributed by atoms with E-state index in [9.17, 15) is 14.9 Å². The van der Waals surface area contributed by atoms with Gasteiger partial charge in [-0.15, -0.1) is 0 Å². The third kappa shape index (κ3) is 4.02. The van der Waals surface area contributed by atoms with Crippen LogP contribution in [0.4, 0.5) is 22.9 Å². The standard InChI is InChI=1S/C19H16N4O3/c1-13-4-8-15(9-5-13)21-17-3-2-12-20-18(17)22-19(24)14-6-10-16(11-7-14)23(25)26/h2-12,21H,1H3,(H,20,22,24). The Hall–Kier alpha value is -3.74. The second-order valence-electron chi connectivity index (χ2n) is 5.65. The topological polar surface area (TPSA) is 97.2 Å². The molecule has 0 bridgehead atoms. The number of hydrogen-bond donors (Lipinski definition) is 2. The SMILES string of the molecule is Cc1ccc(Nc2cccnc2NC(=O)c2ccc([N+](=O)[O-])cc2)cc1. The Morgan fingerprint density at radius 1 is 1.04 bits per heavy atom. The fraction of sp³-hybridized carbons (Fsp3) is 0.0526. The third-order valence-electron chi connectivity index (χ3n) is 3.71. The lowest BCUT2D eigenvalue weighted by Crippen LogP contribution is -2.14. The monoisotopic (exact) mass is 348 g/mol. The fourth-order valence-electron chi connectivity index (χ4n) is 2.31. The Morgan fingerprint density at radius 3 is 2.38 bits per heavy atom. The summed E-state index contributed by atoms with van der Waals surface area (Å²) in [6.07, 6.45) is 1.58. The summed E-state index contributed by atoms with van der Waals surface area (Å²) in [5, 5.41) is 16.6. The summed E-state index contributed by atoms with van der Waals surface area (Å²) in [6, 6.07) is 16.8. The van der Waals surface area contributed by atoms with Crippen molar-refractivity contribution in [1.82, 2.24) is 4.98 Å². The zero-order valence-corrected chi connectivity index (χ0v) is 14.0. The molecule has 1 heterocycles. The van der Waals surface area contributed by atoms with Crippen LogP contribution >= 0.6 is 0 Å². The first kappa shape index (κ1) is 17.1. The summed E-state index contributed by atoms with van der Waals surface area (Å²) in [4.78, 5) is 26.8. The number of rotatable bonds is 5. The Kier molecular flexibility index (Phi) is 4.89. The maximum absolute atomic E-state index is 12.4. The van der Waals surface area contributed by atoms with Crippen molar-refractivity contribution in [2.75, 3.05) is 10.6 Å². The van der Waals surface area contributed by atoms with Gasteiger partial charge in [0.1, 0.15) is 0 Å². The van der Waals surface area contributed by atoms with E-state index in [1.807, 2.05) is 31.2 Å². The molecule has 1 amide bonds. The molecule has 0 atom stereocenters. The number of aromatic nitrogens is 1. The first-order valence-electron chi connectivity index (χ1n) is 7.87. The summed E-state index contributed by atoms with van der Waals surface area (Å²) in [5.41, 5.74) is 2.90. The summed E-state index contributed by atoms with van der Waals surface area (Å²) in [7, 11) is 0. The summed E-state index contributed by atoms with van der Waals surface area (Å²) in [5.74, 6) is -0.0259. The highest BCUT2D eigenvalue weighted by Gasteiger charge is 2.12. The lowest BCUT2D eigenvalue weighted by Gasteiger charge is -2.12. The molecule has 0 aliphatic heterocycles. The first-order valence-corrected chi connectivity index (χ1v) is 7.87. The lowest BCUT2D eigenvalue weighted by molar-refractivity contribution is -0.384. The van der Waals surface area contributed by atoms with Gasteiger partial charge in [-0.05, 0) is 43.3 Å². The quantitative estimate of drug-likeness (QED) is 0.529. The molecule has 0 radical (unpaired) electrons. The second kappa shape index (κ2) is 7.43. The molecule has 1 aromatic heterocycles. The normalized spacial score (nSPS) is 10.2. The highest BCUT2D eigenvalue weighted by atomic mass is 16.6. The number of benzene rings is 2. The van der Waals surface area contributed by atoms with Gasteiger partial charge in [0.05, 0.1) is 10.6 Å². The number of nitrogens with one attached hydrogen (secondary N) is 2. The molecule has 26 heavy (non-hydrogen) atoms. The van der Waals surface area contributed by atoms with E-state index in [0.717, 1.165) is 11.3 Å². The molecule has 3 aromatic rings. The van der Waals surface area contributed by atoms with Crippen molar-refractivity contribution in [3.05, 3.63) is 88.1 Å². The molecule has 130 valence electrons. The van der Waals surface area contributed by atoms with Crippen LogP contribution in [-0.4, -0.2) is 15.8 Å². The van der Waals surface area contributed by atoms with Gasteiger partial charge in [0, 0.05) is 29.6 Å². The molecular formula is C19H16N4O3. The number of nitro benzene ring substituents is 1. The van der Waals surface area contributed by atoms with Gasteiger partial charge in [0.2, 0.25) is 0 Å². The van der Waals surface area contributed by atoms with Crippen molar-refractivity contribution in [2.24, 2.45) is 0 Å². The van der Waals surface area contributed by atoms with Gasteiger partial charge in [-0.25, -0.2) is 4.98 Å². The van der Waals surface area contributed by atoms with Crippen LogP contribution < -0.4 is 10.6 Å². The number of nitro groups is 1. The molecule has 0 aliphatic rings. The zero-order chi connectivity index (χ0) is 18.5. The van der Waals surface area contributed by atoms with Crippen molar-refractivity contribution >= 4 is 28.8 Å². The maximum Gasteiger partial charge on any atom is 0.269 e. The molecular weight excluding hydrogens is 332 g/mol. The van der Waals surface area contributed by atoms with Gasteiger partial charge in [0.25, 0.3) is 11.6 Å². The van der Waals surface area contributed by atoms with Crippen molar-refractivity contribution < 1.29 is 9.72 Å². The van der Waals surface area contributed by atoms with Gasteiger partial charge in [0.15, 0.2) is 5.82 Å². The predicted molar refractivity (Wildman–Crippen MR) is 99.7 cm³/mol. The highest BCUT2D eigenvalue weighted by molar-refractivity contribution is 6.05. The number of aryl methyl sites for hydroxylation is 1. The molecule has 0 fully saturated rings. The molecule has 2 N–H and O–H groups in total. The van der Waals surface area contributed by atoms with E-state index in [1.54, 1.807) is 18.3 Å². The van der Waals surface area contributed by atoms with Crippen LogP contribution in [-0.2, 0) is 0 Å². The van der Waals surface area contributed by atoms with Crippen molar-refractivity contribution in [3.63, 3.8) is 0 Å². The summed E-state index contributed by atoms with van der Waals surface area (Å²) < 4.78 is 0. The maximum atomic E-state index is 12.4. The van der Waals surface area contributed by atoms with E-state index in [4.69, 9.17) is 0 Å². The van der Waals surface area contributed by atoms with Crippen LogP contribution in [0.1, 0.15) is 15.9 Å². The molecule has 0 spiro atoms. The van der Waals surface area contributed by atoms with Crippen LogP contribution in [0.5, 0.6) is 0 Å². The van der Waals surface area contributed by atoms with Crippen molar-refractivity contribution in [1.29, 1.82) is 0 Å². The fourth-order valence-corrected chi connectivity index (χ4v) is 2.31. The molecule has 3 rings (SSSR count). The van der Waals surface area contributed by atoms with E-state index >= 15 is 0 Å². The predicted octanol–water partition coefficient (Wildman–Crippen LogP) is 4.29. The van der Waals surface area contributed by atoms with Gasteiger partial charge >= 0.3 is 0 Å². The molecule has 0 unspecified atom stereocenters. The number of pyridine rings is 1. The van der Waals surface area contributed by atoms with Crippen LogP contribution in [0.3, 0.4) is 0 Å². The Morgan fingerprint density at radius 2 is 1.73 bits per heavy atom. The van der Waals surface area contributed by atoms with E-state index in [0.29, 0.717) is 17.1 Å². The summed E-state index contributed by atoms with van der Waals surface area (Å²) in [6.45, 7) is 2.00. The zero-order valence-electron chi connectivity index (χ0n) is 14.0. The summed E-state index contributed by atoms with van der Waals surface area (Å²) >= 11 is 0. The molecule has 7 heteroatoms. The minimum absolute atomic E-state index is 0.0684. The van der Waals surface area contributed by atoms with Crippen molar-refractivity contribution in [2.45, 2.75) is 6.92 Å². The first-order chi connectivity index (χ1) is 12.5. The number of anilines is 3. The van der Waals surface area contributed by atoms with Gasteiger partial charge in [-0.1, -0.05) is 17.7 Å². The highest BCUT2D eigenvalue weighted by Crippen LogP contribution is 2.24. The molecule has 0 saturated heterocycles. The average Bonchev–Trinajstić information content (AvgIpc) is 2.65. The molecule has 2 aromatic carbocycles. The van der Waals surface area contributed by atoms with Crippen LogP contribution in [0.2, 0.25) is 0 Å². The van der Waals surface area contributed by atoms with Gasteiger partial charge < -0.3 is 10.6 Å². The van der Waals surface area contributed by atoms with E-state index in [1.165, 1.54) is 24.3 Å². The number of hydrogen-bond acceptors (Lipinski definition) is 5. The largest absolute Gasteiger partial charge is 0.353 e. The number of amides is 1. The molecule has 0 aliphatic carbocycles. The molecule has 0 saturated carbocycles. The van der Waals surface area contributed by atoms with Crippen LogP contribution in [0.25, 0.3) is 0 Å². The van der Waals surface area contributed by atoms with Gasteiger partial charge in [-0.2, -0.15) is 0 Å².